The second kappa shape index (κ2) is 9.65. The largest absolute Gasteiger partial charge is 0.506 e. The molecule has 0 heterocycles. The molecule has 0 atom stereocenters. The van der Waals surface area contributed by atoms with Gasteiger partial charge in [-0.05, 0) is 24.1 Å². The lowest BCUT2D eigenvalue weighted by Crippen LogP contribution is -2.26. The van der Waals surface area contributed by atoms with Crippen LogP contribution in [-0.2, 0) is 11.2 Å². The summed E-state index contributed by atoms with van der Waals surface area (Å²) in [6, 6.07) is 4.85. The summed E-state index contributed by atoms with van der Waals surface area (Å²) in [5.74, 6) is 0.0446. The number of benzene rings is 1. The van der Waals surface area contributed by atoms with Crippen LogP contribution in [-0.4, -0.2) is 17.6 Å². The standard InChI is InChI=1S/C16H24ClNO2/c1-2-3-4-5-6-7-10-18-16(20)12-13-8-9-15(19)14(17)11-13/h8-9,11,19H,2-7,10,12H2,1H3,(H,18,20). The summed E-state index contributed by atoms with van der Waals surface area (Å²) in [7, 11) is 0. The molecule has 0 fully saturated rings. The highest BCUT2D eigenvalue weighted by molar-refractivity contribution is 6.32. The zero-order valence-electron chi connectivity index (χ0n) is 12.1. The van der Waals surface area contributed by atoms with Gasteiger partial charge in [0.05, 0.1) is 11.4 Å². The first-order valence-corrected chi connectivity index (χ1v) is 7.75. The molecule has 20 heavy (non-hydrogen) atoms. The topological polar surface area (TPSA) is 49.3 Å². The van der Waals surface area contributed by atoms with Crippen LogP contribution in [0.2, 0.25) is 5.02 Å². The zero-order valence-corrected chi connectivity index (χ0v) is 12.9. The fraction of sp³-hybridized carbons (Fsp3) is 0.562. The molecule has 1 aromatic rings. The Bertz CT molecular complexity index is 421. The molecule has 0 unspecified atom stereocenters. The summed E-state index contributed by atoms with van der Waals surface area (Å²) in [6.07, 6.45) is 7.60. The third kappa shape index (κ3) is 6.80. The number of halogens is 1. The molecular formula is C16H24ClNO2. The number of amides is 1. The van der Waals surface area contributed by atoms with Crippen molar-refractivity contribution >= 4 is 17.5 Å². The molecule has 1 aromatic carbocycles. The lowest BCUT2D eigenvalue weighted by molar-refractivity contribution is -0.120. The number of phenols is 1. The van der Waals surface area contributed by atoms with Gasteiger partial charge in [-0.2, -0.15) is 0 Å². The van der Waals surface area contributed by atoms with Gasteiger partial charge in [0.1, 0.15) is 5.75 Å². The van der Waals surface area contributed by atoms with Gasteiger partial charge in [-0.1, -0.05) is 56.7 Å². The molecule has 0 aliphatic heterocycles. The van der Waals surface area contributed by atoms with E-state index in [-0.39, 0.29) is 16.7 Å². The molecule has 0 aromatic heterocycles. The highest BCUT2D eigenvalue weighted by atomic mass is 35.5. The molecule has 0 aliphatic rings. The Hall–Kier alpha value is -1.22. The highest BCUT2D eigenvalue weighted by Crippen LogP contribution is 2.23. The molecule has 0 saturated heterocycles. The zero-order chi connectivity index (χ0) is 14.8. The number of aromatic hydroxyl groups is 1. The minimum atomic E-state index is 0.000291. The van der Waals surface area contributed by atoms with E-state index in [1.807, 2.05) is 0 Å². The number of carbonyl (C=O) groups is 1. The Morgan fingerprint density at radius 2 is 1.90 bits per heavy atom. The third-order valence-corrected chi connectivity index (χ3v) is 3.53. The molecule has 0 radical (unpaired) electrons. The quantitative estimate of drug-likeness (QED) is 0.675. The summed E-state index contributed by atoms with van der Waals surface area (Å²) in [5, 5.41) is 12.5. The minimum absolute atomic E-state index is 0.000291. The second-order valence-electron chi connectivity index (χ2n) is 5.08. The van der Waals surface area contributed by atoms with Crippen LogP contribution < -0.4 is 5.32 Å². The number of nitrogens with one attached hydrogen (secondary N) is 1. The Morgan fingerprint density at radius 3 is 2.60 bits per heavy atom. The fourth-order valence-electron chi connectivity index (χ4n) is 2.04. The van der Waals surface area contributed by atoms with Gasteiger partial charge in [-0.15, -0.1) is 0 Å². The van der Waals surface area contributed by atoms with Crippen molar-refractivity contribution in [1.29, 1.82) is 0 Å². The predicted molar refractivity (Wildman–Crippen MR) is 83.2 cm³/mol. The normalized spacial score (nSPS) is 10.5. The molecule has 3 nitrogen and oxygen atoms in total. The van der Waals surface area contributed by atoms with Crippen molar-refractivity contribution in [3.05, 3.63) is 28.8 Å². The maximum Gasteiger partial charge on any atom is 0.224 e. The van der Waals surface area contributed by atoms with Crippen molar-refractivity contribution in [3.63, 3.8) is 0 Å². The van der Waals surface area contributed by atoms with Gasteiger partial charge in [0.15, 0.2) is 0 Å². The number of hydrogen-bond acceptors (Lipinski definition) is 2. The molecule has 4 heteroatoms. The molecular weight excluding hydrogens is 274 g/mol. The van der Waals surface area contributed by atoms with Gasteiger partial charge in [-0.3, -0.25) is 4.79 Å². The van der Waals surface area contributed by atoms with E-state index in [0.29, 0.717) is 6.42 Å². The van der Waals surface area contributed by atoms with Gasteiger partial charge >= 0.3 is 0 Å². The van der Waals surface area contributed by atoms with Crippen molar-refractivity contribution in [3.8, 4) is 5.75 Å². The molecule has 2 N–H and O–H groups in total. The van der Waals surface area contributed by atoms with Crippen molar-refractivity contribution in [2.24, 2.45) is 0 Å². The van der Waals surface area contributed by atoms with Crippen molar-refractivity contribution in [2.45, 2.75) is 51.9 Å². The fourth-order valence-corrected chi connectivity index (χ4v) is 2.24. The van der Waals surface area contributed by atoms with E-state index in [1.54, 1.807) is 12.1 Å². The lowest BCUT2D eigenvalue weighted by Gasteiger charge is -2.06. The summed E-state index contributed by atoms with van der Waals surface area (Å²) >= 11 is 5.80. The second-order valence-corrected chi connectivity index (χ2v) is 5.49. The van der Waals surface area contributed by atoms with E-state index in [4.69, 9.17) is 11.6 Å². The Morgan fingerprint density at radius 1 is 1.20 bits per heavy atom. The predicted octanol–water partition coefficient (Wildman–Crippen LogP) is 4.06. The van der Waals surface area contributed by atoms with Crippen molar-refractivity contribution in [2.75, 3.05) is 6.54 Å². The van der Waals surface area contributed by atoms with Crippen LogP contribution in [0.3, 0.4) is 0 Å². The van der Waals surface area contributed by atoms with E-state index >= 15 is 0 Å². The summed E-state index contributed by atoms with van der Waals surface area (Å²) in [6.45, 7) is 2.94. The van der Waals surface area contributed by atoms with E-state index in [9.17, 15) is 9.90 Å². The lowest BCUT2D eigenvalue weighted by atomic mass is 10.1. The Labute approximate surface area is 126 Å². The van der Waals surface area contributed by atoms with E-state index in [0.717, 1.165) is 18.5 Å². The van der Waals surface area contributed by atoms with Gasteiger partial charge < -0.3 is 10.4 Å². The van der Waals surface area contributed by atoms with Gasteiger partial charge in [0.2, 0.25) is 5.91 Å². The monoisotopic (exact) mass is 297 g/mol. The molecule has 1 rings (SSSR count). The molecule has 112 valence electrons. The number of rotatable bonds is 9. The van der Waals surface area contributed by atoms with Gasteiger partial charge in [0, 0.05) is 6.54 Å². The highest BCUT2D eigenvalue weighted by Gasteiger charge is 2.05. The van der Waals surface area contributed by atoms with Crippen LogP contribution in [0.5, 0.6) is 5.75 Å². The molecule has 0 spiro atoms. The maximum atomic E-state index is 11.7. The Balaban J connectivity index is 2.15. The number of hydrogen-bond donors (Lipinski definition) is 2. The summed E-state index contributed by atoms with van der Waals surface area (Å²) < 4.78 is 0. The SMILES string of the molecule is CCCCCCCCNC(=O)Cc1ccc(O)c(Cl)c1. The van der Waals surface area contributed by atoms with Crippen LogP contribution in [0.15, 0.2) is 18.2 Å². The number of phenolic OH excluding ortho intramolecular Hbond substituents is 1. The van der Waals surface area contributed by atoms with E-state index < -0.39 is 0 Å². The maximum absolute atomic E-state index is 11.7. The Kier molecular flexibility index (Phi) is 8.12. The first kappa shape index (κ1) is 16.8. The third-order valence-electron chi connectivity index (χ3n) is 3.23. The van der Waals surface area contributed by atoms with E-state index in [1.165, 1.54) is 38.2 Å². The molecule has 1 amide bonds. The molecule has 0 bridgehead atoms. The van der Waals surface area contributed by atoms with Crippen LogP contribution in [0, 0.1) is 0 Å². The number of carbonyl (C=O) groups excluding carboxylic acids is 1. The minimum Gasteiger partial charge on any atom is -0.506 e. The average Bonchev–Trinajstić information content (AvgIpc) is 2.42. The number of unbranched alkanes of at least 4 members (excludes halogenated alkanes) is 5. The van der Waals surface area contributed by atoms with Crippen LogP contribution in [0.1, 0.15) is 51.0 Å². The first-order chi connectivity index (χ1) is 9.63. The molecule has 0 saturated carbocycles. The van der Waals surface area contributed by atoms with E-state index in [2.05, 4.69) is 12.2 Å². The van der Waals surface area contributed by atoms with Gasteiger partial charge in [-0.25, -0.2) is 0 Å². The van der Waals surface area contributed by atoms with Crippen molar-refractivity contribution < 1.29 is 9.90 Å². The van der Waals surface area contributed by atoms with Crippen molar-refractivity contribution in [1.82, 2.24) is 5.32 Å². The smallest absolute Gasteiger partial charge is 0.224 e. The van der Waals surface area contributed by atoms with Crippen LogP contribution in [0.4, 0.5) is 0 Å². The summed E-state index contributed by atoms with van der Waals surface area (Å²) in [5.41, 5.74) is 0.813. The first-order valence-electron chi connectivity index (χ1n) is 7.37. The van der Waals surface area contributed by atoms with Crippen LogP contribution >= 0.6 is 11.6 Å². The van der Waals surface area contributed by atoms with Gasteiger partial charge in [0.25, 0.3) is 0 Å². The summed E-state index contributed by atoms with van der Waals surface area (Å²) in [4.78, 5) is 11.7. The van der Waals surface area contributed by atoms with Crippen LogP contribution in [0.25, 0.3) is 0 Å². The molecule has 0 aliphatic carbocycles. The average molecular weight is 298 g/mol.